The summed E-state index contributed by atoms with van der Waals surface area (Å²) < 4.78 is 4.89. The molecule has 66 valence electrons. The van der Waals surface area contributed by atoms with Crippen LogP contribution in [0.15, 0.2) is 0 Å². The Hall–Kier alpha value is -0.730. The molecule has 0 spiro atoms. The van der Waals surface area contributed by atoms with Crippen molar-refractivity contribution in [2.75, 3.05) is 13.7 Å². The zero-order valence-electron chi connectivity index (χ0n) is 7.52. The highest BCUT2D eigenvalue weighted by Crippen LogP contribution is 2.06. The van der Waals surface area contributed by atoms with Crippen molar-refractivity contribution >= 4 is 6.09 Å². The third-order valence-corrected chi connectivity index (χ3v) is 1.81. The molecule has 3 heteroatoms. The van der Waals surface area contributed by atoms with Crippen LogP contribution in [0.25, 0.3) is 0 Å². The van der Waals surface area contributed by atoms with E-state index in [9.17, 15) is 4.79 Å². The Bertz CT molecular complexity index is 111. The molecule has 1 amide bonds. The minimum Gasteiger partial charge on any atom is -0.449 e. The Kier molecular flexibility index (Phi) is 5.61. The molecular formula is C8H17NO2. The first-order valence-corrected chi connectivity index (χ1v) is 4.09. The fraction of sp³-hybridized carbons (Fsp3) is 0.875. The molecule has 0 aromatic rings. The van der Waals surface area contributed by atoms with Crippen molar-refractivity contribution in [2.45, 2.75) is 26.7 Å². The lowest BCUT2D eigenvalue weighted by Crippen LogP contribution is -2.22. The van der Waals surface area contributed by atoms with Crippen LogP contribution in [0.5, 0.6) is 0 Å². The molecule has 11 heavy (non-hydrogen) atoms. The number of carbonyl (C=O) groups excluding carboxylic acids is 1. The maximum atomic E-state index is 10.6. The minimum absolute atomic E-state index is 0.336. The maximum Gasteiger partial charge on any atom is 0.406 e. The second kappa shape index (κ2) is 6.01. The summed E-state index contributed by atoms with van der Waals surface area (Å²) in [5.41, 5.74) is 0. The Morgan fingerprint density at radius 2 is 2.00 bits per heavy atom. The van der Waals surface area contributed by atoms with E-state index < -0.39 is 0 Å². The standard InChI is InChI=1S/C8H17NO2/c1-4-7(5-2)6-11-8(10)9-3/h7H,4-6H2,1-3H3,(H,9,10). The fourth-order valence-corrected chi connectivity index (χ4v) is 0.790. The quantitative estimate of drug-likeness (QED) is 0.679. The molecule has 0 rings (SSSR count). The molecule has 0 unspecified atom stereocenters. The van der Waals surface area contributed by atoms with E-state index in [1.807, 2.05) is 0 Å². The largest absolute Gasteiger partial charge is 0.449 e. The van der Waals surface area contributed by atoms with Crippen LogP contribution < -0.4 is 5.32 Å². The van der Waals surface area contributed by atoms with E-state index >= 15 is 0 Å². The van der Waals surface area contributed by atoms with Crippen molar-refractivity contribution in [1.29, 1.82) is 0 Å². The van der Waals surface area contributed by atoms with Gasteiger partial charge in [0.1, 0.15) is 0 Å². The third kappa shape index (κ3) is 4.65. The van der Waals surface area contributed by atoms with Crippen molar-refractivity contribution in [3.8, 4) is 0 Å². The van der Waals surface area contributed by atoms with Gasteiger partial charge in [-0.3, -0.25) is 0 Å². The summed E-state index contributed by atoms with van der Waals surface area (Å²) in [7, 11) is 1.56. The van der Waals surface area contributed by atoms with Crippen molar-refractivity contribution in [1.82, 2.24) is 5.32 Å². The predicted molar refractivity (Wildman–Crippen MR) is 44.5 cm³/mol. The number of hydrogen-bond donors (Lipinski definition) is 1. The number of hydrogen-bond acceptors (Lipinski definition) is 2. The van der Waals surface area contributed by atoms with E-state index in [0.717, 1.165) is 12.8 Å². The summed E-state index contributed by atoms with van der Waals surface area (Å²) in [5, 5.41) is 2.41. The molecule has 0 aliphatic rings. The summed E-state index contributed by atoms with van der Waals surface area (Å²) in [6.07, 6.45) is 1.79. The van der Waals surface area contributed by atoms with Crippen molar-refractivity contribution in [3.63, 3.8) is 0 Å². The number of amides is 1. The van der Waals surface area contributed by atoms with Gasteiger partial charge in [0, 0.05) is 7.05 Å². The van der Waals surface area contributed by atoms with Gasteiger partial charge in [0.05, 0.1) is 6.61 Å². The van der Waals surface area contributed by atoms with Gasteiger partial charge in [0.25, 0.3) is 0 Å². The lowest BCUT2D eigenvalue weighted by molar-refractivity contribution is 0.126. The Labute approximate surface area is 68.1 Å². The highest BCUT2D eigenvalue weighted by molar-refractivity contribution is 5.66. The van der Waals surface area contributed by atoms with Crippen LogP contribution in [0.3, 0.4) is 0 Å². The summed E-state index contributed by atoms with van der Waals surface area (Å²) >= 11 is 0. The smallest absolute Gasteiger partial charge is 0.406 e. The molecule has 0 bridgehead atoms. The maximum absolute atomic E-state index is 10.6. The van der Waals surface area contributed by atoms with Crippen LogP contribution in [-0.2, 0) is 4.74 Å². The molecule has 0 heterocycles. The van der Waals surface area contributed by atoms with Gasteiger partial charge in [-0.25, -0.2) is 4.79 Å². The number of alkyl carbamates (subject to hydrolysis) is 1. The van der Waals surface area contributed by atoms with Gasteiger partial charge in [-0.2, -0.15) is 0 Å². The van der Waals surface area contributed by atoms with E-state index in [2.05, 4.69) is 19.2 Å². The van der Waals surface area contributed by atoms with E-state index in [1.165, 1.54) is 0 Å². The minimum atomic E-state index is -0.336. The molecule has 3 nitrogen and oxygen atoms in total. The molecule has 0 aliphatic carbocycles. The van der Waals surface area contributed by atoms with E-state index in [-0.39, 0.29) is 6.09 Å². The molecule has 0 radical (unpaired) electrons. The van der Waals surface area contributed by atoms with Crippen molar-refractivity contribution in [2.24, 2.45) is 5.92 Å². The number of rotatable bonds is 4. The SMILES string of the molecule is CCC(CC)COC(=O)NC. The fourth-order valence-electron chi connectivity index (χ4n) is 0.790. The van der Waals surface area contributed by atoms with Crippen LogP contribution in [0.4, 0.5) is 4.79 Å². The molecule has 0 aliphatic heterocycles. The molecule has 0 saturated heterocycles. The predicted octanol–water partition coefficient (Wildman–Crippen LogP) is 1.78. The molecule has 0 aromatic heterocycles. The van der Waals surface area contributed by atoms with Gasteiger partial charge in [-0.1, -0.05) is 26.7 Å². The highest BCUT2D eigenvalue weighted by Gasteiger charge is 2.05. The summed E-state index contributed by atoms with van der Waals surface area (Å²) in [6, 6.07) is 0. The summed E-state index contributed by atoms with van der Waals surface area (Å²) in [5.74, 6) is 0.507. The van der Waals surface area contributed by atoms with Gasteiger partial charge < -0.3 is 10.1 Å². The second-order valence-corrected chi connectivity index (χ2v) is 2.53. The molecule has 0 atom stereocenters. The van der Waals surface area contributed by atoms with Crippen molar-refractivity contribution in [3.05, 3.63) is 0 Å². The van der Waals surface area contributed by atoms with Gasteiger partial charge in [0.15, 0.2) is 0 Å². The number of carbonyl (C=O) groups is 1. The molecule has 0 saturated carbocycles. The summed E-state index contributed by atoms with van der Waals surface area (Å²) in [6.45, 7) is 4.73. The Balaban J connectivity index is 3.42. The first-order chi connectivity index (χ1) is 5.24. The first-order valence-electron chi connectivity index (χ1n) is 4.09. The lowest BCUT2D eigenvalue weighted by Gasteiger charge is -2.11. The van der Waals surface area contributed by atoms with Crippen LogP contribution in [0.1, 0.15) is 26.7 Å². The Morgan fingerprint density at radius 3 is 2.36 bits per heavy atom. The van der Waals surface area contributed by atoms with Gasteiger partial charge in [-0.15, -0.1) is 0 Å². The zero-order valence-corrected chi connectivity index (χ0v) is 7.52. The van der Waals surface area contributed by atoms with Gasteiger partial charge in [-0.05, 0) is 5.92 Å². The number of nitrogens with one attached hydrogen (secondary N) is 1. The van der Waals surface area contributed by atoms with Crippen LogP contribution in [-0.4, -0.2) is 19.7 Å². The molecule has 0 aromatic carbocycles. The van der Waals surface area contributed by atoms with E-state index in [4.69, 9.17) is 4.74 Å². The van der Waals surface area contributed by atoms with E-state index in [1.54, 1.807) is 7.05 Å². The first kappa shape index (κ1) is 10.3. The average Bonchev–Trinajstić information content (AvgIpc) is 2.06. The normalized spacial score (nSPS) is 9.82. The topological polar surface area (TPSA) is 38.3 Å². The van der Waals surface area contributed by atoms with Gasteiger partial charge in [0.2, 0.25) is 0 Å². The van der Waals surface area contributed by atoms with E-state index in [0.29, 0.717) is 12.5 Å². The van der Waals surface area contributed by atoms with Crippen LogP contribution in [0.2, 0.25) is 0 Å². The molecule has 1 N–H and O–H groups in total. The van der Waals surface area contributed by atoms with Crippen molar-refractivity contribution < 1.29 is 9.53 Å². The van der Waals surface area contributed by atoms with Gasteiger partial charge >= 0.3 is 6.09 Å². The van der Waals surface area contributed by atoms with Crippen LogP contribution in [0, 0.1) is 5.92 Å². The second-order valence-electron chi connectivity index (χ2n) is 2.53. The highest BCUT2D eigenvalue weighted by atomic mass is 16.5. The monoisotopic (exact) mass is 159 g/mol. The number of ether oxygens (including phenoxy) is 1. The zero-order chi connectivity index (χ0) is 8.69. The average molecular weight is 159 g/mol. The summed E-state index contributed by atoms with van der Waals surface area (Å²) in [4.78, 5) is 10.6. The lowest BCUT2D eigenvalue weighted by atomic mass is 10.1. The molecular weight excluding hydrogens is 142 g/mol. The third-order valence-electron chi connectivity index (χ3n) is 1.81. The van der Waals surface area contributed by atoms with Crippen LogP contribution >= 0.6 is 0 Å². The molecule has 0 fully saturated rings. The Morgan fingerprint density at radius 1 is 1.45 bits per heavy atom.